The number of carbonyl (C=O) groups excluding carboxylic acids is 1. The number of hydrogen-bond acceptors (Lipinski definition) is 4. The Morgan fingerprint density at radius 3 is 2.29 bits per heavy atom. The van der Waals surface area contributed by atoms with E-state index >= 15 is 0 Å². The second-order valence-electron chi connectivity index (χ2n) is 5.93. The van der Waals surface area contributed by atoms with Gasteiger partial charge in [-0.3, -0.25) is 9.52 Å². The van der Waals surface area contributed by atoms with E-state index in [0.717, 1.165) is 17.7 Å². The second kappa shape index (κ2) is 8.06. The molecule has 5 nitrogen and oxygen atoms in total. The normalized spacial score (nSPS) is 11.5. The molecule has 28 heavy (non-hydrogen) atoms. The Balaban J connectivity index is 1.70. The molecule has 2 N–H and O–H groups in total. The lowest BCUT2D eigenvalue weighted by molar-refractivity contribution is 0.104. The SMILES string of the molecule is O=C(/C=C/c1ccc(O)cc1)c1ccc(NS(=O)(=O)c2cccc(F)c2)cc1. The first-order valence-corrected chi connectivity index (χ1v) is 9.72. The number of aromatic hydroxyl groups is 1. The first kappa shape index (κ1) is 19.3. The van der Waals surface area contributed by atoms with Crippen molar-refractivity contribution in [1.82, 2.24) is 0 Å². The van der Waals surface area contributed by atoms with Gasteiger partial charge in [-0.05, 0) is 66.2 Å². The quantitative estimate of drug-likeness (QED) is 0.482. The predicted octanol–water partition coefficient (Wildman–Crippen LogP) is 4.23. The van der Waals surface area contributed by atoms with Crippen LogP contribution in [0.25, 0.3) is 6.08 Å². The van der Waals surface area contributed by atoms with Crippen LogP contribution in [0.1, 0.15) is 15.9 Å². The van der Waals surface area contributed by atoms with E-state index in [-0.39, 0.29) is 22.1 Å². The number of halogens is 1. The fourth-order valence-corrected chi connectivity index (χ4v) is 3.49. The van der Waals surface area contributed by atoms with Gasteiger partial charge in [-0.25, -0.2) is 12.8 Å². The van der Waals surface area contributed by atoms with Crippen molar-refractivity contribution in [2.45, 2.75) is 4.90 Å². The number of anilines is 1. The molecule has 7 heteroatoms. The summed E-state index contributed by atoms with van der Waals surface area (Å²) in [4.78, 5) is 12.0. The Kier molecular flexibility index (Phi) is 5.56. The molecule has 0 aromatic heterocycles. The Morgan fingerprint density at radius 1 is 0.964 bits per heavy atom. The Labute approximate surface area is 161 Å². The van der Waals surface area contributed by atoms with E-state index in [1.807, 2.05) is 0 Å². The van der Waals surface area contributed by atoms with E-state index in [1.54, 1.807) is 18.2 Å². The number of rotatable bonds is 6. The highest BCUT2D eigenvalue weighted by Gasteiger charge is 2.15. The summed E-state index contributed by atoms with van der Waals surface area (Å²) in [5.41, 5.74) is 1.39. The van der Waals surface area contributed by atoms with Crippen molar-refractivity contribution < 1.29 is 22.7 Å². The third-order valence-electron chi connectivity index (χ3n) is 3.85. The maximum atomic E-state index is 13.2. The molecule has 0 heterocycles. The van der Waals surface area contributed by atoms with Gasteiger partial charge in [0.15, 0.2) is 5.78 Å². The van der Waals surface area contributed by atoms with Gasteiger partial charge in [0.05, 0.1) is 4.90 Å². The molecule has 0 saturated heterocycles. The van der Waals surface area contributed by atoms with Crippen LogP contribution in [0.3, 0.4) is 0 Å². The summed E-state index contributed by atoms with van der Waals surface area (Å²) < 4.78 is 40.2. The average Bonchev–Trinajstić information content (AvgIpc) is 2.67. The fraction of sp³-hybridized carbons (Fsp3) is 0. The number of sulfonamides is 1. The number of ketones is 1. The summed E-state index contributed by atoms with van der Waals surface area (Å²) in [7, 11) is -3.93. The van der Waals surface area contributed by atoms with Crippen molar-refractivity contribution in [1.29, 1.82) is 0 Å². The standard InChI is InChI=1S/C21H16FNO4S/c22-17-2-1-3-20(14-17)28(26,27)23-18-9-7-16(8-10-18)21(25)13-6-15-4-11-19(24)12-5-15/h1-14,23-24H/b13-6+. The van der Waals surface area contributed by atoms with Crippen LogP contribution >= 0.6 is 0 Å². The zero-order chi connectivity index (χ0) is 20.1. The molecule has 142 valence electrons. The zero-order valence-electron chi connectivity index (χ0n) is 14.5. The summed E-state index contributed by atoms with van der Waals surface area (Å²) in [6.45, 7) is 0. The number of allylic oxidation sites excluding steroid dienone is 1. The molecule has 0 aliphatic heterocycles. The Hall–Kier alpha value is -3.45. The third kappa shape index (κ3) is 4.83. The van der Waals surface area contributed by atoms with Gasteiger partial charge >= 0.3 is 0 Å². The second-order valence-corrected chi connectivity index (χ2v) is 7.61. The molecular weight excluding hydrogens is 381 g/mol. The van der Waals surface area contributed by atoms with Gasteiger partial charge in [-0.15, -0.1) is 0 Å². The van der Waals surface area contributed by atoms with Crippen molar-refractivity contribution in [3.05, 3.63) is 95.8 Å². The van der Waals surface area contributed by atoms with Gasteiger partial charge in [0, 0.05) is 11.3 Å². The first-order valence-electron chi connectivity index (χ1n) is 8.23. The van der Waals surface area contributed by atoms with E-state index in [9.17, 15) is 22.7 Å². The summed E-state index contributed by atoms with van der Waals surface area (Å²) in [6, 6.07) is 17.0. The summed E-state index contributed by atoms with van der Waals surface area (Å²) >= 11 is 0. The molecule has 3 aromatic rings. The smallest absolute Gasteiger partial charge is 0.261 e. The number of hydrogen-bond donors (Lipinski definition) is 2. The van der Waals surface area contributed by atoms with Gasteiger partial charge in [0.1, 0.15) is 11.6 Å². The highest BCUT2D eigenvalue weighted by Crippen LogP contribution is 2.18. The Morgan fingerprint density at radius 2 is 1.64 bits per heavy atom. The lowest BCUT2D eigenvalue weighted by Gasteiger charge is -2.08. The van der Waals surface area contributed by atoms with E-state index in [0.29, 0.717) is 5.56 Å². The minimum atomic E-state index is -3.93. The lowest BCUT2D eigenvalue weighted by Crippen LogP contribution is -2.13. The van der Waals surface area contributed by atoms with Crippen LogP contribution in [0.5, 0.6) is 5.75 Å². The van der Waals surface area contributed by atoms with E-state index < -0.39 is 15.8 Å². The monoisotopic (exact) mass is 397 g/mol. The van der Waals surface area contributed by atoms with Crippen LogP contribution in [-0.4, -0.2) is 19.3 Å². The van der Waals surface area contributed by atoms with Crippen LogP contribution in [0.2, 0.25) is 0 Å². The van der Waals surface area contributed by atoms with Crippen LogP contribution in [0.4, 0.5) is 10.1 Å². The molecule has 0 aliphatic rings. The molecule has 0 atom stereocenters. The number of phenolic OH excluding ortho intramolecular Hbond substituents is 1. The first-order chi connectivity index (χ1) is 13.3. The molecule has 0 aliphatic carbocycles. The minimum Gasteiger partial charge on any atom is -0.508 e. The molecule has 0 fully saturated rings. The molecule has 0 radical (unpaired) electrons. The van der Waals surface area contributed by atoms with E-state index in [4.69, 9.17) is 0 Å². The average molecular weight is 397 g/mol. The van der Waals surface area contributed by atoms with Crippen molar-refractivity contribution in [2.24, 2.45) is 0 Å². The summed E-state index contributed by atoms with van der Waals surface area (Å²) in [6.07, 6.45) is 3.00. The van der Waals surface area contributed by atoms with Crippen LogP contribution in [0, 0.1) is 5.82 Å². The van der Waals surface area contributed by atoms with Crippen molar-refractivity contribution in [3.8, 4) is 5.75 Å². The number of nitrogens with one attached hydrogen (secondary N) is 1. The lowest BCUT2D eigenvalue weighted by atomic mass is 10.1. The molecule has 0 amide bonds. The van der Waals surface area contributed by atoms with Crippen LogP contribution in [0.15, 0.2) is 83.8 Å². The van der Waals surface area contributed by atoms with Crippen molar-refractivity contribution in [2.75, 3.05) is 4.72 Å². The van der Waals surface area contributed by atoms with Gasteiger partial charge in [0.2, 0.25) is 0 Å². The summed E-state index contributed by atoms with van der Waals surface area (Å²) in [5, 5.41) is 9.25. The van der Waals surface area contributed by atoms with E-state index in [1.165, 1.54) is 54.6 Å². The zero-order valence-corrected chi connectivity index (χ0v) is 15.4. The third-order valence-corrected chi connectivity index (χ3v) is 5.23. The molecule has 0 spiro atoms. The van der Waals surface area contributed by atoms with Gasteiger partial charge in [-0.2, -0.15) is 0 Å². The van der Waals surface area contributed by atoms with Crippen molar-refractivity contribution >= 4 is 27.6 Å². The fourth-order valence-electron chi connectivity index (χ4n) is 2.40. The molecule has 3 aromatic carbocycles. The largest absolute Gasteiger partial charge is 0.508 e. The molecule has 0 unspecified atom stereocenters. The van der Waals surface area contributed by atoms with Gasteiger partial charge < -0.3 is 5.11 Å². The van der Waals surface area contributed by atoms with E-state index in [2.05, 4.69) is 4.72 Å². The minimum absolute atomic E-state index is 0.139. The maximum Gasteiger partial charge on any atom is 0.261 e. The topological polar surface area (TPSA) is 83.5 Å². The molecule has 3 rings (SSSR count). The molecule has 0 saturated carbocycles. The molecular formula is C21H16FNO4S. The maximum absolute atomic E-state index is 13.2. The van der Waals surface area contributed by atoms with Crippen LogP contribution in [-0.2, 0) is 10.0 Å². The number of benzene rings is 3. The summed E-state index contributed by atoms with van der Waals surface area (Å²) in [5.74, 6) is -0.767. The molecule has 0 bridgehead atoms. The van der Waals surface area contributed by atoms with Gasteiger partial charge in [0.25, 0.3) is 10.0 Å². The Bertz CT molecular complexity index is 1120. The highest BCUT2D eigenvalue weighted by atomic mass is 32.2. The van der Waals surface area contributed by atoms with Crippen LogP contribution < -0.4 is 4.72 Å². The number of carbonyl (C=O) groups is 1. The van der Waals surface area contributed by atoms with Gasteiger partial charge in [-0.1, -0.05) is 24.3 Å². The van der Waals surface area contributed by atoms with Crippen molar-refractivity contribution in [3.63, 3.8) is 0 Å². The highest BCUT2D eigenvalue weighted by molar-refractivity contribution is 7.92. The number of phenols is 1. The predicted molar refractivity (Wildman–Crippen MR) is 105 cm³/mol.